The van der Waals surface area contributed by atoms with Crippen molar-refractivity contribution in [2.75, 3.05) is 23.3 Å². The molecule has 8 nitrogen and oxygen atoms in total. The molecule has 0 spiro atoms. The number of imidazole rings is 1. The molecule has 0 aromatic carbocycles. The highest BCUT2D eigenvalue weighted by Gasteiger charge is 2.53. The number of carbonyl (C=O) groups is 1. The van der Waals surface area contributed by atoms with Crippen LogP contribution in [0, 0.1) is 31.5 Å². The van der Waals surface area contributed by atoms with E-state index >= 15 is 0 Å². The van der Waals surface area contributed by atoms with Crippen LogP contribution in [0.15, 0.2) is 24.8 Å². The van der Waals surface area contributed by atoms with Crippen LogP contribution in [-0.4, -0.2) is 44.4 Å². The van der Waals surface area contributed by atoms with Crippen LogP contribution in [0.2, 0.25) is 0 Å². The maximum Gasteiger partial charge on any atom is 0.275 e. The number of aromatic nitrogens is 4. The molecule has 1 saturated heterocycles. The topological polar surface area (TPSA) is 101 Å². The molecule has 1 saturated carbocycles. The number of halogens is 1. The van der Waals surface area contributed by atoms with Crippen molar-refractivity contribution in [1.29, 1.82) is 0 Å². The van der Waals surface area contributed by atoms with Gasteiger partial charge in [0.1, 0.15) is 17.2 Å². The molecular weight excluding hydrogens is 361 g/mol. The third kappa shape index (κ3) is 2.62. The molecule has 5 rings (SSSR count). The number of hydrogen-bond acceptors (Lipinski definition) is 6. The number of piperidine rings is 1. The molecule has 2 fully saturated rings. The highest BCUT2D eigenvalue weighted by Crippen LogP contribution is 2.44. The third-order valence-electron chi connectivity index (χ3n) is 5.73. The molecule has 0 unspecified atom stereocenters. The van der Waals surface area contributed by atoms with Gasteiger partial charge in [-0.3, -0.25) is 4.79 Å². The minimum Gasteiger partial charge on any atom is -0.355 e. The summed E-state index contributed by atoms with van der Waals surface area (Å²) in [5.41, 5.74) is 7.83. The lowest BCUT2D eigenvalue weighted by molar-refractivity contribution is 0.102. The molecule has 144 valence electrons. The van der Waals surface area contributed by atoms with E-state index in [1.807, 2.05) is 6.92 Å². The molecule has 3 N–H and O–H groups in total. The zero-order valence-corrected chi connectivity index (χ0v) is 15.6. The van der Waals surface area contributed by atoms with Crippen molar-refractivity contribution >= 4 is 23.1 Å². The van der Waals surface area contributed by atoms with Gasteiger partial charge in [-0.1, -0.05) is 0 Å². The average Bonchev–Trinajstić information content (AvgIpc) is 3.06. The van der Waals surface area contributed by atoms with Gasteiger partial charge < -0.3 is 20.4 Å². The van der Waals surface area contributed by atoms with Crippen molar-refractivity contribution in [2.45, 2.75) is 19.9 Å². The standard InChI is InChI=1S/C19H20FN7O/c1-9-5-27-8-14(16(20)10(2)18(27)24-9)25-19(28)13-3-23-15(4-22-13)26-6-11-12(7-26)17(11)21/h3-5,8,11-12,17H,6-7,21H2,1-2H3,(H,25,28)/t11-,12+,17+. The average molecular weight is 381 g/mol. The Morgan fingerprint density at radius 3 is 2.64 bits per heavy atom. The molecule has 1 aliphatic carbocycles. The predicted molar refractivity (Wildman–Crippen MR) is 102 cm³/mol. The maximum atomic E-state index is 14.6. The van der Waals surface area contributed by atoms with Gasteiger partial charge in [0.05, 0.1) is 23.8 Å². The maximum absolute atomic E-state index is 14.6. The van der Waals surface area contributed by atoms with Crippen molar-refractivity contribution in [1.82, 2.24) is 19.4 Å². The number of nitrogens with zero attached hydrogens (tertiary/aromatic N) is 5. The van der Waals surface area contributed by atoms with Crippen molar-refractivity contribution in [2.24, 2.45) is 17.6 Å². The van der Waals surface area contributed by atoms with Gasteiger partial charge in [-0.2, -0.15) is 0 Å². The van der Waals surface area contributed by atoms with Gasteiger partial charge in [0.25, 0.3) is 5.91 Å². The monoisotopic (exact) mass is 381 g/mol. The number of amides is 1. The number of fused-ring (bicyclic) bond motifs is 2. The number of anilines is 2. The summed E-state index contributed by atoms with van der Waals surface area (Å²) in [6, 6.07) is 0.309. The van der Waals surface area contributed by atoms with E-state index in [-0.39, 0.29) is 11.4 Å². The second-order valence-electron chi connectivity index (χ2n) is 7.62. The van der Waals surface area contributed by atoms with Crippen LogP contribution in [0.4, 0.5) is 15.9 Å². The lowest BCUT2D eigenvalue weighted by atomic mass is 10.2. The van der Waals surface area contributed by atoms with E-state index in [4.69, 9.17) is 5.73 Å². The summed E-state index contributed by atoms with van der Waals surface area (Å²) in [5, 5.41) is 2.58. The van der Waals surface area contributed by atoms with Gasteiger partial charge in [-0.15, -0.1) is 0 Å². The Kier molecular flexibility index (Phi) is 3.63. The first-order valence-electron chi connectivity index (χ1n) is 9.20. The first-order valence-corrected chi connectivity index (χ1v) is 9.20. The van der Waals surface area contributed by atoms with E-state index < -0.39 is 11.7 Å². The van der Waals surface area contributed by atoms with Crippen molar-refractivity contribution in [3.8, 4) is 0 Å². The molecule has 0 bridgehead atoms. The molecule has 3 aromatic rings. The summed E-state index contributed by atoms with van der Waals surface area (Å²) in [6.45, 7) is 5.22. The number of nitrogens with two attached hydrogens (primary N) is 1. The first kappa shape index (κ1) is 17.1. The summed E-state index contributed by atoms with van der Waals surface area (Å²) in [4.78, 5) is 27.5. The largest absolute Gasteiger partial charge is 0.355 e. The SMILES string of the molecule is Cc1cn2cc(NC(=O)c3cnc(N4C[C@@H]5[C@@H](N)[C@@H]5C4)cn3)c(F)c(C)c2n1. The van der Waals surface area contributed by atoms with E-state index in [9.17, 15) is 9.18 Å². The summed E-state index contributed by atoms with van der Waals surface area (Å²) in [5.74, 6) is 0.784. The molecule has 2 aliphatic rings. The zero-order valence-electron chi connectivity index (χ0n) is 15.6. The highest BCUT2D eigenvalue weighted by atomic mass is 19.1. The predicted octanol–water partition coefficient (Wildman–Crippen LogP) is 1.53. The molecular formula is C19H20FN7O. The minimum absolute atomic E-state index is 0.0758. The van der Waals surface area contributed by atoms with Crippen LogP contribution in [-0.2, 0) is 0 Å². The molecule has 28 heavy (non-hydrogen) atoms. The third-order valence-corrected chi connectivity index (χ3v) is 5.73. The lowest BCUT2D eigenvalue weighted by Crippen LogP contribution is -2.29. The number of aryl methyl sites for hydroxylation is 2. The Balaban J connectivity index is 1.34. The fraction of sp³-hybridized carbons (Fsp3) is 0.368. The molecule has 3 aromatic heterocycles. The zero-order chi connectivity index (χ0) is 19.6. The minimum atomic E-state index is -0.514. The second kappa shape index (κ2) is 5.96. The number of carbonyl (C=O) groups excluding carboxylic acids is 1. The molecule has 3 atom stereocenters. The molecule has 1 amide bonds. The number of rotatable bonds is 3. The Morgan fingerprint density at radius 2 is 1.96 bits per heavy atom. The van der Waals surface area contributed by atoms with Crippen LogP contribution in [0.25, 0.3) is 5.65 Å². The lowest BCUT2D eigenvalue weighted by Gasteiger charge is -2.19. The van der Waals surface area contributed by atoms with Gasteiger partial charge in [-0.05, 0) is 25.7 Å². The molecule has 9 heteroatoms. The fourth-order valence-electron chi connectivity index (χ4n) is 4.02. The molecule has 0 radical (unpaired) electrons. The van der Waals surface area contributed by atoms with E-state index in [0.29, 0.717) is 29.1 Å². The van der Waals surface area contributed by atoms with Crippen LogP contribution < -0.4 is 16.0 Å². The number of hydrogen-bond donors (Lipinski definition) is 2. The van der Waals surface area contributed by atoms with Crippen LogP contribution in [0.3, 0.4) is 0 Å². The van der Waals surface area contributed by atoms with Crippen molar-refractivity contribution < 1.29 is 9.18 Å². The second-order valence-corrected chi connectivity index (χ2v) is 7.62. The van der Waals surface area contributed by atoms with Gasteiger partial charge in [-0.25, -0.2) is 19.3 Å². The number of pyridine rings is 1. The van der Waals surface area contributed by atoms with Gasteiger partial charge >= 0.3 is 0 Å². The fourth-order valence-corrected chi connectivity index (χ4v) is 4.02. The Hall–Kier alpha value is -3.07. The van der Waals surface area contributed by atoms with Crippen LogP contribution in [0.1, 0.15) is 21.7 Å². The van der Waals surface area contributed by atoms with Gasteiger partial charge in [0.15, 0.2) is 5.82 Å². The van der Waals surface area contributed by atoms with E-state index in [1.54, 1.807) is 23.7 Å². The van der Waals surface area contributed by atoms with Gasteiger partial charge in [0, 0.05) is 37.1 Å². The van der Waals surface area contributed by atoms with Crippen LogP contribution in [0.5, 0.6) is 0 Å². The highest BCUT2D eigenvalue weighted by molar-refractivity contribution is 6.02. The summed E-state index contributed by atoms with van der Waals surface area (Å²) >= 11 is 0. The summed E-state index contributed by atoms with van der Waals surface area (Å²) in [7, 11) is 0. The quantitative estimate of drug-likeness (QED) is 0.713. The Labute approximate surface area is 160 Å². The molecule has 4 heterocycles. The van der Waals surface area contributed by atoms with E-state index in [0.717, 1.165) is 24.6 Å². The van der Waals surface area contributed by atoms with E-state index in [1.165, 1.54) is 12.4 Å². The van der Waals surface area contributed by atoms with Crippen molar-refractivity contribution in [3.63, 3.8) is 0 Å². The number of nitrogens with one attached hydrogen (secondary N) is 1. The summed E-state index contributed by atoms with van der Waals surface area (Å²) < 4.78 is 16.3. The van der Waals surface area contributed by atoms with Crippen LogP contribution >= 0.6 is 0 Å². The smallest absolute Gasteiger partial charge is 0.275 e. The summed E-state index contributed by atoms with van der Waals surface area (Å²) in [6.07, 6.45) is 6.28. The molecule has 1 aliphatic heterocycles. The Bertz CT molecular complexity index is 1080. The first-order chi connectivity index (χ1) is 13.4. The Morgan fingerprint density at radius 1 is 1.21 bits per heavy atom. The van der Waals surface area contributed by atoms with Gasteiger partial charge in [0.2, 0.25) is 0 Å². The van der Waals surface area contributed by atoms with E-state index in [2.05, 4.69) is 25.2 Å². The normalized spacial score (nSPS) is 23.1. The van der Waals surface area contributed by atoms with Crippen molar-refractivity contribution in [3.05, 3.63) is 47.6 Å².